The zero-order chi connectivity index (χ0) is 27.5. The number of morpholine rings is 1. The number of aromatic nitrogens is 3. The lowest BCUT2D eigenvalue weighted by Crippen LogP contribution is -2.49. The standard InChI is InChI=1S/C30H36N6O4/c1-37-27-6-4-5-24(29(27)39-3)26-10-8-23-20-31-30(33-36(23)26)32-25-9-7-22(19-28(25)38-2)34-13-11-21(12-14-34)35-15-17-40-18-16-35/h4-10,19-21H,11-18H2,1-3H3,(H,32,33). The molecule has 2 aromatic heterocycles. The van der Waals surface area contributed by atoms with E-state index in [1.165, 1.54) is 0 Å². The monoisotopic (exact) mass is 544 g/mol. The summed E-state index contributed by atoms with van der Waals surface area (Å²) in [6.07, 6.45) is 4.12. The molecule has 0 unspecified atom stereocenters. The summed E-state index contributed by atoms with van der Waals surface area (Å²) >= 11 is 0. The lowest BCUT2D eigenvalue weighted by molar-refractivity contribution is 0.0115. The average molecular weight is 545 g/mol. The molecule has 1 N–H and O–H groups in total. The maximum absolute atomic E-state index is 5.78. The molecule has 10 heteroatoms. The van der Waals surface area contributed by atoms with Gasteiger partial charge in [-0.25, -0.2) is 9.50 Å². The predicted molar refractivity (Wildman–Crippen MR) is 155 cm³/mol. The van der Waals surface area contributed by atoms with Crippen molar-refractivity contribution in [2.75, 3.05) is 70.9 Å². The lowest BCUT2D eigenvalue weighted by atomic mass is 10.0. The molecule has 0 bridgehead atoms. The van der Waals surface area contributed by atoms with Crippen molar-refractivity contribution < 1.29 is 18.9 Å². The van der Waals surface area contributed by atoms with E-state index in [0.29, 0.717) is 23.5 Å². The number of hydrogen-bond donors (Lipinski definition) is 1. The first-order valence-corrected chi connectivity index (χ1v) is 13.8. The SMILES string of the molecule is COc1cc(N2CCC(N3CCOCC3)CC2)ccc1Nc1ncc2ccc(-c3cccc(OC)c3OC)n2n1. The summed E-state index contributed by atoms with van der Waals surface area (Å²) in [4.78, 5) is 9.58. The van der Waals surface area contributed by atoms with Crippen LogP contribution >= 0.6 is 0 Å². The van der Waals surface area contributed by atoms with E-state index in [0.717, 1.165) is 86.1 Å². The van der Waals surface area contributed by atoms with Gasteiger partial charge in [-0.1, -0.05) is 6.07 Å². The number of rotatable bonds is 8. The van der Waals surface area contributed by atoms with Crippen LogP contribution in [0.3, 0.4) is 0 Å². The first-order chi connectivity index (χ1) is 19.7. The van der Waals surface area contributed by atoms with Crippen molar-refractivity contribution in [3.63, 3.8) is 0 Å². The van der Waals surface area contributed by atoms with Crippen LogP contribution in [0.2, 0.25) is 0 Å². The van der Waals surface area contributed by atoms with Gasteiger partial charge in [-0.05, 0) is 49.2 Å². The Labute approximate surface area is 234 Å². The Kier molecular flexibility index (Phi) is 7.61. The number of fused-ring (bicyclic) bond motifs is 1. The molecule has 0 spiro atoms. The van der Waals surface area contributed by atoms with Crippen LogP contribution in [0.25, 0.3) is 16.8 Å². The first-order valence-electron chi connectivity index (χ1n) is 13.8. The molecule has 2 aliphatic heterocycles. The second-order valence-corrected chi connectivity index (χ2v) is 10.1. The molecular formula is C30H36N6O4. The third-order valence-corrected chi connectivity index (χ3v) is 7.90. The maximum Gasteiger partial charge on any atom is 0.245 e. The van der Waals surface area contributed by atoms with E-state index in [9.17, 15) is 0 Å². The summed E-state index contributed by atoms with van der Waals surface area (Å²) in [6, 6.07) is 16.7. The van der Waals surface area contributed by atoms with Gasteiger partial charge in [0.05, 0.1) is 57.6 Å². The Balaban J connectivity index is 1.21. The van der Waals surface area contributed by atoms with E-state index in [4.69, 9.17) is 24.0 Å². The van der Waals surface area contributed by atoms with Gasteiger partial charge in [-0.3, -0.25) is 4.90 Å². The summed E-state index contributed by atoms with van der Waals surface area (Å²) in [6.45, 7) is 5.85. The second-order valence-electron chi connectivity index (χ2n) is 10.1. The maximum atomic E-state index is 5.78. The molecule has 0 aliphatic carbocycles. The highest BCUT2D eigenvalue weighted by Gasteiger charge is 2.26. The van der Waals surface area contributed by atoms with E-state index in [1.807, 2.05) is 40.9 Å². The summed E-state index contributed by atoms with van der Waals surface area (Å²) in [5.41, 5.74) is 4.59. The van der Waals surface area contributed by atoms with Crippen LogP contribution in [0.1, 0.15) is 12.8 Å². The zero-order valence-corrected chi connectivity index (χ0v) is 23.3. The molecule has 2 saturated heterocycles. The predicted octanol–water partition coefficient (Wildman–Crippen LogP) is 4.47. The minimum Gasteiger partial charge on any atom is -0.494 e. The van der Waals surface area contributed by atoms with E-state index >= 15 is 0 Å². The van der Waals surface area contributed by atoms with E-state index in [-0.39, 0.29) is 0 Å². The molecule has 210 valence electrons. The third-order valence-electron chi connectivity index (χ3n) is 7.90. The van der Waals surface area contributed by atoms with Crippen molar-refractivity contribution in [3.05, 3.63) is 54.7 Å². The number of methoxy groups -OCH3 is 3. The normalized spacial score (nSPS) is 16.7. The number of ether oxygens (including phenoxy) is 4. The van der Waals surface area contributed by atoms with Gasteiger partial charge in [-0.15, -0.1) is 5.10 Å². The Morgan fingerprint density at radius 2 is 1.68 bits per heavy atom. The van der Waals surface area contributed by atoms with Crippen molar-refractivity contribution in [2.24, 2.45) is 0 Å². The molecule has 2 fully saturated rings. The molecule has 0 atom stereocenters. The molecule has 6 rings (SSSR count). The number of anilines is 3. The van der Waals surface area contributed by atoms with Crippen molar-refractivity contribution in [2.45, 2.75) is 18.9 Å². The Bertz CT molecular complexity index is 1460. The van der Waals surface area contributed by atoms with Gasteiger partial charge in [0.15, 0.2) is 11.5 Å². The van der Waals surface area contributed by atoms with Gasteiger partial charge in [0, 0.05) is 49.5 Å². The van der Waals surface area contributed by atoms with Crippen LogP contribution < -0.4 is 24.4 Å². The van der Waals surface area contributed by atoms with E-state index in [2.05, 4.69) is 32.2 Å². The number of nitrogens with one attached hydrogen (secondary N) is 1. The van der Waals surface area contributed by atoms with E-state index < -0.39 is 0 Å². The molecule has 2 aliphatic rings. The largest absolute Gasteiger partial charge is 0.494 e. The first kappa shape index (κ1) is 26.2. The van der Waals surface area contributed by atoms with Crippen molar-refractivity contribution in [1.29, 1.82) is 0 Å². The Morgan fingerprint density at radius 1 is 0.875 bits per heavy atom. The summed E-state index contributed by atoms with van der Waals surface area (Å²) in [5, 5.41) is 8.15. The zero-order valence-electron chi connectivity index (χ0n) is 23.3. The summed E-state index contributed by atoms with van der Waals surface area (Å²) < 4.78 is 24.3. The summed E-state index contributed by atoms with van der Waals surface area (Å²) in [5.74, 6) is 2.53. The molecule has 0 saturated carbocycles. The molecule has 0 radical (unpaired) electrons. The molecule has 4 aromatic rings. The lowest BCUT2D eigenvalue weighted by Gasteiger charge is -2.40. The average Bonchev–Trinajstić information content (AvgIpc) is 3.44. The fourth-order valence-electron chi connectivity index (χ4n) is 5.78. The van der Waals surface area contributed by atoms with Crippen molar-refractivity contribution in [3.8, 4) is 28.5 Å². The highest BCUT2D eigenvalue weighted by atomic mass is 16.5. The van der Waals surface area contributed by atoms with Gasteiger partial charge >= 0.3 is 0 Å². The van der Waals surface area contributed by atoms with Crippen molar-refractivity contribution in [1.82, 2.24) is 19.5 Å². The quantitative estimate of drug-likeness (QED) is 0.345. The van der Waals surface area contributed by atoms with Crippen LogP contribution in [0, 0.1) is 0 Å². The third kappa shape index (κ3) is 5.12. The molecule has 10 nitrogen and oxygen atoms in total. The van der Waals surface area contributed by atoms with Gasteiger partial charge in [0.25, 0.3) is 0 Å². The van der Waals surface area contributed by atoms with Crippen LogP contribution in [0.4, 0.5) is 17.3 Å². The number of para-hydroxylation sites is 1. The van der Waals surface area contributed by atoms with Gasteiger partial charge in [0.2, 0.25) is 5.95 Å². The van der Waals surface area contributed by atoms with Crippen LogP contribution in [-0.4, -0.2) is 86.3 Å². The fourth-order valence-corrected chi connectivity index (χ4v) is 5.78. The van der Waals surface area contributed by atoms with Crippen LogP contribution in [-0.2, 0) is 4.74 Å². The Morgan fingerprint density at radius 3 is 2.42 bits per heavy atom. The second kappa shape index (κ2) is 11.6. The molecule has 2 aromatic carbocycles. The Hall–Kier alpha value is -4.02. The van der Waals surface area contributed by atoms with Gasteiger partial charge in [-0.2, -0.15) is 0 Å². The smallest absolute Gasteiger partial charge is 0.245 e. The number of hydrogen-bond acceptors (Lipinski definition) is 9. The molecule has 4 heterocycles. The fraction of sp³-hybridized carbons (Fsp3) is 0.400. The topological polar surface area (TPSA) is 85.6 Å². The van der Waals surface area contributed by atoms with Crippen LogP contribution in [0.15, 0.2) is 54.7 Å². The minimum atomic E-state index is 0.462. The number of benzene rings is 2. The molecule has 40 heavy (non-hydrogen) atoms. The minimum absolute atomic E-state index is 0.462. The molecule has 0 amide bonds. The van der Waals surface area contributed by atoms with Gasteiger partial charge < -0.3 is 29.2 Å². The summed E-state index contributed by atoms with van der Waals surface area (Å²) in [7, 11) is 4.97. The van der Waals surface area contributed by atoms with Crippen LogP contribution in [0.5, 0.6) is 17.2 Å². The number of piperidine rings is 1. The highest BCUT2D eigenvalue weighted by Crippen LogP contribution is 2.38. The molecular weight excluding hydrogens is 508 g/mol. The number of nitrogens with zero attached hydrogens (tertiary/aromatic N) is 5. The highest BCUT2D eigenvalue weighted by molar-refractivity contribution is 5.75. The van der Waals surface area contributed by atoms with Gasteiger partial charge in [0.1, 0.15) is 5.75 Å². The van der Waals surface area contributed by atoms with Crippen molar-refractivity contribution >= 4 is 22.8 Å². The van der Waals surface area contributed by atoms with E-state index in [1.54, 1.807) is 27.5 Å².